The average molecular weight is 491 g/mol. The van der Waals surface area contributed by atoms with Crippen molar-refractivity contribution < 1.29 is 19.5 Å². The molecule has 0 aliphatic rings. The van der Waals surface area contributed by atoms with E-state index in [4.69, 9.17) is 5.73 Å². The molecule has 8 heteroatoms. The molecular formula is C27H46N4O4. The summed E-state index contributed by atoms with van der Waals surface area (Å²) in [5.41, 5.74) is 6.07. The molecule has 0 aliphatic heterocycles. The number of aliphatic hydroxyl groups is 1. The molecule has 0 unspecified atom stereocenters. The van der Waals surface area contributed by atoms with E-state index < -0.39 is 35.1 Å². The highest BCUT2D eigenvalue weighted by atomic mass is 16.3. The maximum absolute atomic E-state index is 13.1. The summed E-state index contributed by atoms with van der Waals surface area (Å²) in [6, 6.07) is 8.14. The lowest BCUT2D eigenvalue weighted by Gasteiger charge is -2.32. The monoisotopic (exact) mass is 490 g/mol. The molecule has 0 spiro atoms. The zero-order valence-corrected chi connectivity index (χ0v) is 22.6. The van der Waals surface area contributed by atoms with Crippen molar-refractivity contribution in [1.29, 1.82) is 0 Å². The Kier molecular flexibility index (Phi) is 11.4. The minimum atomic E-state index is -1.05. The Balaban J connectivity index is 2.93. The molecule has 1 aromatic carbocycles. The summed E-state index contributed by atoms with van der Waals surface area (Å²) in [7, 11) is 0. The molecule has 0 radical (unpaired) electrons. The second kappa shape index (κ2) is 13.0. The van der Waals surface area contributed by atoms with Gasteiger partial charge in [0.2, 0.25) is 17.7 Å². The largest absolute Gasteiger partial charge is 0.389 e. The Bertz CT molecular complexity index is 828. The van der Waals surface area contributed by atoms with E-state index in [1.807, 2.05) is 85.7 Å². The van der Waals surface area contributed by atoms with Gasteiger partial charge < -0.3 is 26.8 Å². The van der Waals surface area contributed by atoms with E-state index in [9.17, 15) is 19.5 Å². The van der Waals surface area contributed by atoms with Gasteiger partial charge in [-0.2, -0.15) is 0 Å². The second-order valence-corrected chi connectivity index (χ2v) is 11.8. The van der Waals surface area contributed by atoms with Crippen LogP contribution in [0.25, 0.3) is 0 Å². The minimum absolute atomic E-state index is 0.0378. The topological polar surface area (TPSA) is 134 Å². The van der Waals surface area contributed by atoms with Crippen LogP contribution >= 0.6 is 0 Å². The molecule has 0 saturated carbocycles. The summed E-state index contributed by atoms with van der Waals surface area (Å²) in [6.07, 6.45) is -0.632. The first-order valence-electron chi connectivity index (χ1n) is 12.4. The minimum Gasteiger partial charge on any atom is -0.389 e. The van der Waals surface area contributed by atoms with E-state index in [0.29, 0.717) is 6.42 Å². The zero-order chi connectivity index (χ0) is 27.0. The van der Waals surface area contributed by atoms with E-state index in [1.54, 1.807) is 0 Å². The van der Waals surface area contributed by atoms with E-state index >= 15 is 0 Å². The van der Waals surface area contributed by atoms with Crippen molar-refractivity contribution in [3.05, 3.63) is 35.9 Å². The highest BCUT2D eigenvalue weighted by molar-refractivity contribution is 5.86. The lowest BCUT2D eigenvalue weighted by atomic mass is 9.77. The first-order chi connectivity index (χ1) is 16.0. The smallest absolute Gasteiger partial charge is 0.237 e. The number of aliphatic hydroxyl groups excluding tert-OH is 1. The van der Waals surface area contributed by atoms with Crippen LogP contribution < -0.4 is 21.7 Å². The molecule has 0 fully saturated rings. The van der Waals surface area contributed by atoms with Gasteiger partial charge in [-0.25, -0.2) is 0 Å². The van der Waals surface area contributed by atoms with Crippen molar-refractivity contribution in [2.75, 3.05) is 6.54 Å². The van der Waals surface area contributed by atoms with Crippen molar-refractivity contribution in [2.24, 2.45) is 23.0 Å². The molecule has 8 nitrogen and oxygen atoms in total. The van der Waals surface area contributed by atoms with Crippen molar-refractivity contribution in [3.63, 3.8) is 0 Å². The summed E-state index contributed by atoms with van der Waals surface area (Å²) in [5, 5.41) is 19.5. The van der Waals surface area contributed by atoms with Crippen LogP contribution in [-0.2, 0) is 20.8 Å². The van der Waals surface area contributed by atoms with Crippen LogP contribution in [-0.4, -0.2) is 53.1 Å². The molecule has 1 rings (SSSR count). The maximum Gasteiger partial charge on any atom is 0.237 e. The number of rotatable bonds is 11. The Morgan fingerprint density at radius 2 is 1.54 bits per heavy atom. The zero-order valence-electron chi connectivity index (χ0n) is 22.6. The molecule has 3 amide bonds. The summed E-state index contributed by atoms with van der Waals surface area (Å²) in [5.74, 6) is -1.52. The number of amides is 3. The lowest BCUT2D eigenvalue weighted by Crippen LogP contribution is -2.55. The van der Waals surface area contributed by atoms with Crippen LogP contribution in [0.2, 0.25) is 0 Å². The van der Waals surface area contributed by atoms with E-state index in [0.717, 1.165) is 5.56 Å². The molecule has 0 aliphatic carbocycles. The number of carbonyl (C=O) groups excluding carboxylic acids is 3. The fraction of sp³-hybridized carbons (Fsp3) is 0.667. The number of nitrogens with one attached hydrogen (secondary N) is 3. The molecule has 0 bridgehead atoms. The van der Waals surface area contributed by atoms with Gasteiger partial charge in [-0.05, 0) is 44.1 Å². The van der Waals surface area contributed by atoms with Crippen LogP contribution in [0.4, 0.5) is 0 Å². The molecule has 4 atom stereocenters. The molecule has 198 valence electrons. The van der Waals surface area contributed by atoms with Crippen LogP contribution in [0.15, 0.2) is 30.3 Å². The van der Waals surface area contributed by atoms with E-state index in [2.05, 4.69) is 16.0 Å². The fourth-order valence-corrected chi connectivity index (χ4v) is 3.65. The number of carbonyl (C=O) groups is 3. The number of hydrogen-bond acceptors (Lipinski definition) is 5. The van der Waals surface area contributed by atoms with E-state index in [1.165, 1.54) is 0 Å². The molecule has 0 aromatic heterocycles. The van der Waals surface area contributed by atoms with Gasteiger partial charge in [-0.3, -0.25) is 14.4 Å². The molecule has 1 aromatic rings. The molecular weight excluding hydrogens is 444 g/mol. The summed E-state index contributed by atoms with van der Waals surface area (Å²) >= 11 is 0. The SMILES string of the molecule is CC(C)[C@H](N)C(=O)N[C@@H](Cc1ccccc1)[C@@H](O)CNC(=O)[C@@H](CC(=O)NC(C)(C)C)C(C)(C)C. The van der Waals surface area contributed by atoms with Gasteiger partial charge in [0.1, 0.15) is 0 Å². The molecule has 0 heterocycles. The second-order valence-electron chi connectivity index (χ2n) is 11.8. The third kappa shape index (κ3) is 11.2. The average Bonchev–Trinajstić information content (AvgIpc) is 2.73. The molecule has 35 heavy (non-hydrogen) atoms. The van der Waals surface area contributed by atoms with Crippen LogP contribution in [0.5, 0.6) is 0 Å². The lowest BCUT2D eigenvalue weighted by molar-refractivity contribution is -0.134. The summed E-state index contributed by atoms with van der Waals surface area (Å²) in [4.78, 5) is 38.2. The van der Waals surface area contributed by atoms with Gasteiger partial charge in [0, 0.05) is 18.5 Å². The van der Waals surface area contributed by atoms with Crippen LogP contribution in [0, 0.1) is 17.3 Å². The third-order valence-electron chi connectivity index (χ3n) is 5.86. The Morgan fingerprint density at radius 1 is 0.971 bits per heavy atom. The van der Waals surface area contributed by atoms with Crippen molar-refractivity contribution in [2.45, 2.75) is 92.0 Å². The van der Waals surface area contributed by atoms with Gasteiger partial charge in [-0.15, -0.1) is 0 Å². The Labute approximate surface area is 210 Å². The Hall–Kier alpha value is -2.45. The van der Waals surface area contributed by atoms with Crippen molar-refractivity contribution in [1.82, 2.24) is 16.0 Å². The van der Waals surface area contributed by atoms with Gasteiger partial charge in [-0.1, -0.05) is 65.0 Å². The van der Waals surface area contributed by atoms with Crippen molar-refractivity contribution >= 4 is 17.7 Å². The third-order valence-corrected chi connectivity index (χ3v) is 5.86. The predicted octanol–water partition coefficient (Wildman–Crippen LogP) is 2.14. The Morgan fingerprint density at radius 3 is 2.03 bits per heavy atom. The van der Waals surface area contributed by atoms with Crippen LogP contribution in [0.3, 0.4) is 0 Å². The first kappa shape index (κ1) is 30.6. The quantitative estimate of drug-likeness (QED) is 0.324. The van der Waals surface area contributed by atoms with Crippen LogP contribution in [0.1, 0.15) is 67.4 Å². The summed E-state index contributed by atoms with van der Waals surface area (Å²) in [6.45, 7) is 15.0. The highest BCUT2D eigenvalue weighted by Gasteiger charge is 2.35. The highest BCUT2D eigenvalue weighted by Crippen LogP contribution is 2.29. The summed E-state index contributed by atoms with van der Waals surface area (Å²) < 4.78 is 0. The van der Waals surface area contributed by atoms with Gasteiger partial charge in [0.25, 0.3) is 0 Å². The van der Waals surface area contributed by atoms with Gasteiger partial charge in [0.05, 0.1) is 24.1 Å². The van der Waals surface area contributed by atoms with Gasteiger partial charge in [0.15, 0.2) is 0 Å². The fourth-order valence-electron chi connectivity index (χ4n) is 3.65. The molecule has 0 saturated heterocycles. The normalized spacial score (nSPS) is 15.6. The standard InChI is InChI=1S/C27H46N4O4/c1-17(2)23(28)25(35)30-20(14-18-12-10-9-11-13-18)21(32)16-29-24(34)19(26(3,4)5)15-22(33)31-27(6,7)8/h9-13,17,19-21,23,32H,14-16,28H2,1-8H3,(H,29,34)(H,30,35)(H,31,33)/t19-,20+,21+,23+/m1/s1. The molecule has 6 N–H and O–H groups in total. The first-order valence-corrected chi connectivity index (χ1v) is 12.4. The van der Waals surface area contributed by atoms with E-state index in [-0.39, 0.29) is 36.6 Å². The number of benzene rings is 1. The number of hydrogen-bond donors (Lipinski definition) is 5. The number of nitrogens with two attached hydrogens (primary N) is 1. The maximum atomic E-state index is 13.1. The predicted molar refractivity (Wildman–Crippen MR) is 139 cm³/mol. The van der Waals surface area contributed by atoms with Crippen molar-refractivity contribution in [3.8, 4) is 0 Å². The van der Waals surface area contributed by atoms with Gasteiger partial charge >= 0.3 is 0 Å².